The number of nitrogens with zero attached hydrogens (tertiary/aromatic N) is 1. The second kappa shape index (κ2) is 5.05. The van der Waals surface area contributed by atoms with Gasteiger partial charge in [-0.05, 0) is 44.1 Å². The van der Waals surface area contributed by atoms with Crippen LogP contribution in [0.3, 0.4) is 0 Å². The van der Waals surface area contributed by atoms with E-state index in [2.05, 4.69) is 18.7 Å². The van der Waals surface area contributed by atoms with Crippen molar-refractivity contribution in [2.45, 2.75) is 58.0 Å². The molecule has 0 aromatic heterocycles. The molecule has 0 radical (unpaired) electrons. The molecular weight excluding hydrogens is 198 g/mol. The third-order valence-corrected chi connectivity index (χ3v) is 4.87. The maximum atomic E-state index is 10.8. The molecule has 1 saturated carbocycles. The monoisotopic (exact) mass is 225 g/mol. The van der Waals surface area contributed by atoms with Gasteiger partial charge < -0.3 is 10.0 Å². The Morgan fingerprint density at radius 3 is 2.50 bits per heavy atom. The van der Waals surface area contributed by atoms with Gasteiger partial charge in [0.25, 0.3) is 0 Å². The van der Waals surface area contributed by atoms with Crippen LogP contribution >= 0.6 is 0 Å². The maximum Gasteiger partial charge on any atom is 0.0700 e. The Kier molecular flexibility index (Phi) is 3.91. The van der Waals surface area contributed by atoms with E-state index in [1.807, 2.05) is 0 Å². The van der Waals surface area contributed by atoms with Crippen molar-refractivity contribution in [1.29, 1.82) is 0 Å². The topological polar surface area (TPSA) is 23.5 Å². The lowest BCUT2D eigenvalue weighted by Gasteiger charge is -2.45. The molecule has 2 aliphatic rings. The second-order valence-corrected chi connectivity index (χ2v) is 6.01. The zero-order valence-electron chi connectivity index (χ0n) is 10.9. The van der Waals surface area contributed by atoms with Gasteiger partial charge in [-0.25, -0.2) is 0 Å². The van der Waals surface area contributed by atoms with E-state index < -0.39 is 0 Å². The zero-order chi connectivity index (χ0) is 11.6. The van der Waals surface area contributed by atoms with Crippen molar-refractivity contribution in [3.05, 3.63) is 0 Å². The lowest BCUT2D eigenvalue weighted by molar-refractivity contribution is -0.0816. The lowest BCUT2D eigenvalue weighted by Crippen LogP contribution is -2.49. The standard InChI is InChI=1S/C14H27NO/c1-3-15-9-7-14(16,8-10-15)13-6-4-5-12(2)11-13/h12-13,16H,3-11H2,1-2H3. The highest BCUT2D eigenvalue weighted by molar-refractivity contribution is 4.93. The molecule has 1 aliphatic heterocycles. The van der Waals surface area contributed by atoms with E-state index in [4.69, 9.17) is 0 Å². The van der Waals surface area contributed by atoms with E-state index in [9.17, 15) is 5.11 Å². The van der Waals surface area contributed by atoms with Crippen LogP contribution in [-0.2, 0) is 0 Å². The van der Waals surface area contributed by atoms with Crippen LogP contribution in [0.5, 0.6) is 0 Å². The average Bonchev–Trinajstić information content (AvgIpc) is 2.30. The molecule has 16 heavy (non-hydrogen) atoms. The molecule has 2 atom stereocenters. The van der Waals surface area contributed by atoms with Crippen LogP contribution in [0.2, 0.25) is 0 Å². The summed E-state index contributed by atoms with van der Waals surface area (Å²) >= 11 is 0. The summed E-state index contributed by atoms with van der Waals surface area (Å²) in [4.78, 5) is 2.46. The predicted octanol–water partition coefficient (Wildman–Crippen LogP) is 2.66. The molecule has 1 aliphatic carbocycles. The summed E-state index contributed by atoms with van der Waals surface area (Å²) in [6, 6.07) is 0. The van der Waals surface area contributed by atoms with Gasteiger partial charge in [0.2, 0.25) is 0 Å². The van der Waals surface area contributed by atoms with Crippen molar-refractivity contribution in [1.82, 2.24) is 4.90 Å². The van der Waals surface area contributed by atoms with Gasteiger partial charge in [-0.1, -0.05) is 26.7 Å². The Morgan fingerprint density at radius 1 is 1.25 bits per heavy atom. The number of rotatable bonds is 2. The first-order valence-electron chi connectivity index (χ1n) is 7.09. The molecule has 2 heteroatoms. The van der Waals surface area contributed by atoms with E-state index in [0.717, 1.165) is 38.4 Å². The SMILES string of the molecule is CCN1CCC(O)(C2CCCC(C)C2)CC1. The van der Waals surface area contributed by atoms with Gasteiger partial charge in [-0.15, -0.1) is 0 Å². The maximum absolute atomic E-state index is 10.8. The fourth-order valence-electron chi connectivity index (χ4n) is 3.59. The Hall–Kier alpha value is -0.0800. The first kappa shape index (κ1) is 12.4. The molecule has 0 amide bonds. The van der Waals surface area contributed by atoms with Crippen LogP contribution < -0.4 is 0 Å². The minimum atomic E-state index is -0.333. The highest BCUT2D eigenvalue weighted by atomic mass is 16.3. The first-order valence-corrected chi connectivity index (χ1v) is 7.09. The minimum absolute atomic E-state index is 0.333. The van der Waals surface area contributed by atoms with Gasteiger partial charge in [0.15, 0.2) is 0 Å². The summed E-state index contributed by atoms with van der Waals surface area (Å²) < 4.78 is 0. The normalized spacial score (nSPS) is 36.2. The van der Waals surface area contributed by atoms with Crippen LogP contribution in [0, 0.1) is 11.8 Å². The smallest absolute Gasteiger partial charge is 0.0700 e. The van der Waals surface area contributed by atoms with Crippen molar-refractivity contribution < 1.29 is 5.11 Å². The molecule has 0 spiro atoms. The van der Waals surface area contributed by atoms with Crippen molar-refractivity contribution in [3.8, 4) is 0 Å². The van der Waals surface area contributed by atoms with Crippen LogP contribution in [-0.4, -0.2) is 35.2 Å². The molecule has 2 fully saturated rings. The molecular formula is C14H27NO. The number of piperidine rings is 1. The molecule has 94 valence electrons. The van der Waals surface area contributed by atoms with Gasteiger partial charge in [-0.3, -0.25) is 0 Å². The molecule has 1 heterocycles. The van der Waals surface area contributed by atoms with E-state index in [-0.39, 0.29) is 5.60 Å². The fraction of sp³-hybridized carbons (Fsp3) is 1.00. The van der Waals surface area contributed by atoms with Gasteiger partial charge in [0.05, 0.1) is 5.60 Å². The molecule has 0 bridgehead atoms. The number of aliphatic hydroxyl groups is 1. The fourth-order valence-corrected chi connectivity index (χ4v) is 3.59. The molecule has 1 saturated heterocycles. The van der Waals surface area contributed by atoms with Crippen molar-refractivity contribution >= 4 is 0 Å². The van der Waals surface area contributed by atoms with E-state index in [0.29, 0.717) is 5.92 Å². The molecule has 1 N–H and O–H groups in total. The van der Waals surface area contributed by atoms with Crippen LogP contribution in [0.25, 0.3) is 0 Å². The average molecular weight is 225 g/mol. The lowest BCUT2D eigenvalue weighted by atomic mass is 9.69. The highest BCUT2D eigenvalue weighted by Crippen LogP contribution is 2.40. The Labute approximate surface area is 100 Å². The number of hydrogen-bond acceptors (Lipinski definition) is 2. The van der Waals surface area contributed by atoms with Crippen molar-refractivity contribution in [2.75, 3.05) is 19.6 Å². The molecule has 2 rings (SSSR count). The number of hydrogen-bond donors (Lipinski definition) is 1. The van der Waals surface area contributed by atoms with Gasteiger partial charge >= 0.3 is 0 Å². The molecule has 2 nitrogen and oxygen atoms in total. The van der Waals surface area contributed by atoms with E-state index >= 15 is 0 Å². The second-order valence-electron chi connectivity index (χ2n) is 6.01. The summed E-state index contributed by atoms with van der Waals surface area (Å²) in [7, 11) is 0. The minimum Gasteiger partial charge on any atom is -0.390 e. The predicted molar refractivity (Wildman–Crippen MR) is 67.4 cm³/mol. The zero-order valence-corrected chi connectivity index (χ0v) is 10.9. The molecule has 0 aromatic carbocycles. The summed E-state index contributed by atoms with van der Waals surface area (Å²) in [5.74, 6) is 1.40. The van der Waals surface area contributed by atoms with E-state index in [1.165, 1.54) is 25.7 Å². The van der Waals surface area contributed by atoms with Gasteiger partial charge in [0, 0.05) is 13.1 Å². The first-order chi connectivity index (χ1) is 7.64. The third kappa shape index (κ3) is 2.60. The summed E-state index contributed by atoms with van der Waals surface area (Å²) in [6.45, 7) is 7.89. The largest absolute Gasteiger partial charge is 0.390 e. The summed E-state index contributed by atoms with van der Waals surface area (Å²) in [5, 5.41) is 10.8. The Bertz CT molecular complexity index is 221. The molecule has 2 unspecified atom stereocenters. The Morgan fingerprint density at radius 2 is 1.94 bits per heavy atom. The summed E-state index contributed by atoms with van der Waals surface area (Å²) in [5.41, 5.74) is -0.333. The van der Waals surface area contributed by atoms with Gasteiger partial charge in [-0.2, -0.15) is 0 Å². The van der Waals surface area contributed by atoms with E-state index in [1.54, 1.807) is 0 Å². The van der Waals surface area contributed by atoms with Crippen molar-refractivity contribution in [2.24, 2.45) is 11.8 Å². The van der Waals surface area contributed by atoms with Crippen LogP contribution in [0.15, 0.2) is 0 Å². The van der Waals surface area contributed by atoms with Crippen molar-refractivity contribution in [3.63, 3.8) is 0 Å². The third-order valence-electron chi connectivity index (χ3n) is 4.87. The Balaban J connectivity index is 1.92. The summed E-state index contributed by atoms with van der Waals surface area (Å²) in [6.07, 6.45) is 7.20. The highest BCUT2D eigenvalue weighted by Gasteiger charge is 2.40. The van der Waals surface area contributed by atoms with Gasteiger partial charge in [0.1, 0.15) is 0 Å². The quantitative estimate of drug-likeness (QED) is 0.781. The molecule has 0 aromatic rings. The van der Waals surface area contributed by atoms with Crippen LogP contribution in [0.1, 0.15) is 52.4 Å². The van der Waals surface area contributed by atoms with Crippen LogP contribution in [0.4, 0.5) is 0 Å². The number of likely N-dealkylation sites (tertiary alicyclic amines) is 1.